The molecule has 13 heteroatoms. The maximum absolute atomic E-state index is 14.3. The van der Waals surface area contributed by atoms with Crippen LogP contribution >= 0.6 is 11.3 Å². The molecule has 0 fully saturated rings. The van der Waals surface area contributed by atoms with E-state index in [4.69, 9.17) is 9.47 Å². The van der Waals surface area contributed by atoms with E-state index < -0.39 is 34.7 Å². The van der Waals surface area contributed by atoms with Crippen LogP contribution in [-0.4, -0.2) is 55.4 Å². The number of benzene rings is 1. The lowest BCUT2D eigenvalue weighted by atomic mass is 10.1. The molecule has 3 aromatic heterocycles. The van der Waals surface area contributed by atoms with Crippen LogP contribution in [0.2, 0.25) is 0 Å². The summed E-state index contributed by atoms with van der Waals surface area (Å²) < 4.78 is 29.0. The highest BCUT2D eigenvalue weighted by Crippen LogP contribution is 2.34. The van der Waals surface area contributed by atoms with E-state index in [1.807, 2.05) is 0 Å². The molecule has 202 valence electrons. The van der Waals surface area contributed by atoms with Crippen molar-refractivity contribution in [3.05, 3.63) is 74.4 Å². The number of rotatable bonds is 10. The number of fused-ring (bicyclic) bond motifs is 1. The van der Waals surface area contributed by atoms with Crippen molar-refractivity contribution in [2.24, 2.45) is 0 Å². The average Bonchev–Trinajstić information content (AvgIpc) is 3.51. The van der Waals surface area contributed by atoms with Gasteiger partial charge in [-0.05, 0) is 45.0 Å². The predicted molar refractivity (Wildman–Crippen MR) is 138 cm³/mol. The molecule has 0 bridgehead atoms. The quantitative estimate of drug-likeness (QED) is 0.309. The SMILES string of the molecule is COc1ccc(F)cc1[C@H](Cn1c(=O)n(C(C)(C)C(=O)O)c(=O)c2c(C)c(-n3cccn3)sc21)OCCO. The van der Waals surface area contributed by atoms with Gasteiger partial charge in [0.2, 0.25) is 0 Å². The molecule has 11 nitrogen and oxygen atoms in total. The summed E-state index contributed by atoms with van der Waals surface area (Å²) in [6.45, 7) is 3.51. The fourth-order valence-electron chi connectivity index (χ4n) is 4.25. The number of carboxylic acids is 1. The Kier molecular flexibility index (Phi) is 7.54. The van der Waals surface area contributed by atoms with E-state index >= 15 is 0 Å². The summed E-state index contributed by atoms with van der Waals surface area (Å²) in [5.41, 5.74) is -2.73. The van der Waals surface area contributed by atoms with Gasteiger partial charge in [0.15, 0.2) is 0 Å². The summed E-state index contributed by atoms with van der Waals surface area (Å²) in [7, 11) is 1.40. The van der Waals surface area contributed by atoms with E-state index in [1.54, 1.807) is 30.1 Å². The Bertz CT molecular complexity index is 1600. The van der Waals surface area contributed by atoms with Crippen molar-refractivity contribution in [3.63, 3.8) is 0 Å². The number of nitrogens with zero attached hydrogens (tertiary/aromatic N) is 4. The van der Waals surface area contributed by atoms with Crippen LogP contribution in [0, 0.1) is 12.7 Å². The van der Waals surface area contributed by atoms with Crippen molar-refractivity contribution in [3.8, 4) is 10.8 Å². The molecule has 1 aromatic carbocycles. The third-order valence-electron chi connectivity index (χ3n) is 6.28. The first-order valence-corrected chi connectivity index (χ1v) is 12.4. The molecule has 0 aliphatic carbocycles. The molecule has 0 aliphatic rings. The average molecular weight is 547 g/mol. The summed E-state index contributed by atoms with van der Waals surface area (Å²) in [6, 6.07) is 5.54. The Hall–Kier alpha value is -3.81. The monoisotopic (exact) mass is 546 g/mol. The number of aliphatic hydroxyl groups excluding tert-OH is 1. The number of aryl methyl sites for hydroxylation is 1. The van der Waals surface area contributed by atoms with Gasteiger partial charge in [-0.3, -0.25) is 9.36 Å². The van der Waals surface area contributed by atoms with Gasteiger partial charge in [0.1, 0.15) is 33.0 Å². The Morgan fingerprint density at radius 2 is 2.03 bits per heavy atom. The largest absolute Gasteiger partial charge is 0.496 e. The maximum Gasteiger partial charge on any atom is 0.333 e. The van der Waals surface area contributed by atoms with Crippen LogP contribution in [0.3, 0.4) is 0 Å². The third-order valence-corrected chi connectivity index (χ3v) is 7.58. The number of carboxylic acid groups (broad SMARTS) is 1. The molecule has 0 radical (unpaired) electrons. The molecule has 0 saturated carbocycles. The molecule has 0 unspecified atom stereocenters. The molecule has 38 heavy (non-hydrogen) atoms. The van der Waals surface area contributed by atoms with Gasteiger partial charge < -0.3 is 19.7 Å². The molecule has 0 spiro atoms. The minimum absolute atomic E-state index is 0.134. The van der Waals surface area contributed by atoms with E-state index in [-0.39, 0.29) is 41.3 Å². The molecule has 0 amide bonds. The predicted octanol–water partition coefficient (Wildman–Crippen LogP) is 2.44. The van der Waals surface area contributed by atoms with Gasteiger partial charge in [0.05, 0.1) is 32.3 Å². The molecule has 4 rings (SSSR count). The lowest BCUT2D eigenvalue weighted by molar-refractivity contribution is -0.146. The fourth-order valence-corrected chi connectivity index (χ4v) is 5.50. The van der Waals surface area contributed by atoms with Crippen molar-refractivity contribution in [1.82, 2.24) is 18.9 Å². The topological polar surface area (TPSA) is 138 Å². The first-order valence-electron chi connectivity index (χ1n) is 11.6. The first kappa shape index (κ1) is 27.2. The van der Waals surface area contributed by atoms with Crippen LogP contribution in [0.1, 0.15) is 31.1 Å². The number of thiophene rings is 1. The van der Waals surface area contributed by atoms with Gasteiger partial charge in [-0.2, -0.15) is 5.10 Å². The van der Waals surface area contributed by atoms with Crippen LogP contribution in [0.25, 0.3) is 15.2 Å². The maximum atomic E-state index is 14.3. The molecule has 2 N–H and O–H groups in total. The number of carbonyl (C=O) groups is 1. The zero-order valence-electron chi connectivity index (χ0n) is 21.2. The molecule has 4 aromatic rings. The number of hydrogen-bond acceptors (Lipinski definition) is 8. The zero-order chi connectivity index (χ0) is 27.8. The van der Waals surface area contributed by atoms with Crippen molar-refractivity contribution in [2.75, 3.05) is 20.3 Å². The van der Waals surface area contributed by atoms with E-state index in [0.717, 1.165) is 11.3 Å². The Morgan fingerprint density at radius 3 is 2.63 bits per heavy atom. The van der Waals surface area contributed by atoms with Gasteiger partial charge in [0.25, 0.3) is 5.56 Å². The summed E-state index contributed by atoms with van der Waals surface area (Å²) >= 11 is 1.13. The van der Waals surface area contributed by atoms with Gasteiger partial charge in [-0.15, -0.1) is 0 Å². The zero-order valence-corrected chi connectivity index (χ0v) is 22.0. The molecule has 0 aliphatic heterocycles. The van der Waals surface area contributed by atoms with Crippen molar-refractivity contribution >= 4 is 27.5 Å². The van der Waals surface area contributed by atoms with Crippen molar-refractivity contribution in [2.45, 2.75) is 39.0 Å². The molecule has 1 atom stereocenters. The van der Waals surface area contributed by atoms with Gasteiger partial charge >= 0.3 is 11.7 Å². The van der Waals surface area contributed by atoms with E-state index in [1.165, 1.54) is 43.7 Å². The lowest BCUT2D eigenvalue weighted by Gasteiger charge is -2.25. The van der Waals surface area contributed by atoms with Crippen molar-refractivity contribution < 1.29 is 28.9 Å². The normalized spacial score (nSPS) is 12.7. The Morgan fingerprint density at radius 1 is 1.29 bits per heavy atom. The highest BCUT2D eigenvalue weighted by Gasteiger charge is 2.36. The summed E-state index contributed by atoms with van der Waals surface area (Å²) in [5, 5.41) is 24.2. The molecular weight excluding hydrogens is 519 g/mol. The smallest absolute Gasteiger partial charge is 0.333 e. The molecule has 0 saturated heterocycles. The minimum atomic E-state index is -1.89. The number of aromatic nitrogens is 4. The van der Waals surface area contributed by atoms with Crippen LogP contribution in [0.4, 0.5) is 4.39 Å². The highest BCUT2D eigenvalue weighted by atomic mass is 32.1. The summed E-state index contributed by atoms with van der Waals surface area (Å²) in [5.74, 6) is -1.65. The lowest BCUT2D eigenvalue weighted by Crippen LogP contribution is -2.52. The summed E-state index contributed by atoms with van der Waals surface area (Å²) in [4.78, 5) is 39.9. The molecular formula is C25H27FN4O7S. The number of aliphatic hydroxyl groups is 1. The number of aliphatic carboxylic acids is 1. The fraction of sp³-hybridized carbons (Fsp3) is 0.360. The van der Waals surface area contributed by atoms with Gasteiger partial charge in [0, 0.05) is 23.5 Å². The van der Waals surface area contributed by atoms with Crippen molar-refractivity contribution in [1.29, 1.82) is 0 Å². The highest BCUT2D eigenvalue weighted by molar-refractivity contribution is 7.21. The second kappa shape index (κ2) is 10.5. The van der Waals surface area contributed by atoms with E-state index in [2.05, 4.69) is 5.10 Å². The van der Waals surface area contributed by atoms with Crippen LogP contribution in [0.15, 0.2) is 46.2 Å². The van der Waals surface area contributed by atoms with Crippen LogP contribution in [0.5, 0.6) is 5.75 Å². The van der Waals surface area contributed by atoms with E-state index in [9.17, 15) is 29.0 Å². The minimum Gasteiger partial charge on any atom is -0.496 e. The van der Waals surface area contributed by atoms with Crippen LogP contribution in [-0.2, 0) is 21.6 Å². The summed E-state index contributed by atoms with van der Waals surface area (Å²) in [6.07, 6.45) is 2.26. The standard InChI is InChI=1S/C25H27FN4O7S/c1-14-19-20(32)30(25(2,3)23(33)34)24(35)28(22(19)38-21(14)29-9-5-8-27-29)13-18(37-11-10-31)16-12-15(26)6-7-17(16)36-4/h5-9,12,18,31H,10-11,13H2,1-4H3,(H,33,34)/t18-/m0/s1. The number of methoxy groups -OCH3 is 1. The van der Waals surface area contributed by atoms with E-state index in [0.29, 0.717) is 15.1 Å². The number of hydrogen-bond donors (Lipinski definition) is 2. The van der Waals surface area contributed by atoms with Gasteiger partial charge in [-0.1, -0.05) is 11.3 Å². The third kappa shape index (κ3) is 4.64. The molecule has 3 heterocycles. The number of halogens is 1. The first-order chi connectivity index (χ1) is 18.0. The Labute approximate surface area is 219 Å². The Balaban J connectivity index is 2.05. The van der Waals surface area contributed by atoms with Gasteiger partial charge in [-0.25, -0.2) is 23.2 Å². The number of ether oxygens (including phenoxy) is 2. The van der Waals surface area contributed by atoms with Crippen LogP contribution < -0.4 is 16.0 Å². The second-order valence-electron chi connectivity index (χ2n) is 9.03. The second-order valence-corrected chi connectivity index (χ2v) is 10.0.